The molecule has 0 fully saturated rings. The predicted molar refractivity (Wildman–Crippen MR) is 84.6 cm³/mol. The molecular weight excluding hydrogens is 262 g/mol. The van der Waals surface area contributed by atoms with E-state index in [0.29, 0.717) is 0 Å². The van der Waals surface area contributed by atoms with Crippen molar-refractivity contribution in [1.82, 2.24) is 0 Å². The fourth-order valence-electron chi connectivity index (χ4n) is 3.18. The van der Waals surface area contributed by atoms with Gasteiger partial charge >= 0.3 is 5.97 Å². The number of carbonyl (C=O) groups is 1. The molecule has 0 spiro atoms. The summed E-state index contributed by atoms with van der Waals surface area (Å²) in [7, 11) is 0. The zero-order chi connectivity index (χ0) is 14.8. The number of hydrogen-bond acceptors (Lipinski definition) is 1. The van der Waals surface area contributed by atoms with E-state index in [1.165, 1.54) is 27.7 Å². The van der Waals surface area contributed by atoms with Gasteiger partial charge in [-0.15, -0.1) is 0 Å². The van der Waals surface area contributed by atoms with Gasteiger partial charge in [-0.2, -0.15) is 4.58 Å². The Hall–Kier alpha value is -2.16. The van der Waals surface area contributed by atoms with Crippen molar-refractivity contribution in [2.75, 3.05) is 6.54 Å². The Kier molecular flexibility index (Phi) is 3.74. The van der Waals surface area contributed by atoms with Gasteiger partial charge in [-0.05, 0) is 24.3 Å². The number of nitrogens with zero attached hydrogens (tertiary/aromatic N) is 1. The van der Waals surface area contributed by atoms with E-state index in [0.717, 1.165) is 25.8 Å². The molecule has 2 aromatic rings. The van der Waals surface area contributed by atoms with Gasteiger partial charge in [-0.25, -0.2) is 0 Å². The lowest BCUT2D eigenvalue weighted by atomic mass is 10.0. The van der Waals surface area contributed by atoms with E-state index in [-0.39, 0.29) is 6.42 Å². The summed E-state index contributed by atoms with van der Waals surface area (Å²) in [6.45, 7) is 3.13. The zero-order valence-electron chi connectivity index (χ0n) is 12.3. The van der Waals surface area contributed by atoms with Crippen molar-refractivity contribution >= 4 is 28.1 Å². The molecule has 108 valence electrons. The molecule has 1 aliphatic heterocycles. The average molecular weight is 282 g/mol. The third-order valence-corrected chi connectivity index (χ3v) is 4.24. The lowest BCUT2D eigenvalue weighted by Gasteiger charge is -2.02. The summed E-state index contributed by atoms with van der Waals surface area (Å²) in [6.07, 6.45) is 3.02. The first-order valence-corrected chi connectivity index (χ1v) is 7.53. The van der Waals surface area contributed by atoms with Crippen molar-refractivity contribution in [2.24, 2.45) is 0 Å². The molecule has 0 bridgehead atoms. The highest BCUT2D eigenvalue weighted by Gasteiger charge is 2.28. The molecule has 1 heterocycles. The minimum absolute atomic E-state index is 0.276. The van der Waals surface area contributed by atoms with Gasteiger partial charge < -0.3 is 5.11 Å². The molecule has 0 aliphatic carbocycles. The minimum atomic E-state index is -0.698. The summed E-state index contributed by atoms with van der Waals surface area (Å²) in [5.41, 5.74) is 3.92. The summed E-state index contributed by atoms with van der Waals surface area (Å²) in [5.74, 6) is -0.698. The molecule has 0 unspecified atom stereocenters. The van der Waals surface area contributed by atoms with Crippen LogP contribution in [0.15, 0.2) is 36.4 Å². The Labute approximate surface area is 124 Å². The van der Waals surface area contributed by atoms with Gasteiger partial charge in [0.1, 0.15) is 6.54 Å². The maximum Gasteiger partial charge on any atom is 0.303 e. The molecule has 0 radical (unpaired) electrons. The molecule has 21 heavy (non-hydrogen) atoms. The fraction of sp³-hybridized carbons (Fsp3) is 0.333. The average Bonchev–Trinajstić information content (AvgIpc) is 2.75. The van der Waals surface area contributed by atoms with E-state index in [2.05, 4.69) is 47.9 Å². The van der Waals surface area contributed by atoms with Gasteiger partial charge in [0.15, 0.2) is 5.71 Å². The summed E-state index contributed by atoms with van der Waals surface area (Å²) in [6, 6.07) is 12.9. The van der Waals surface area contributed by atoms with Gasteiger partial charge in [-0.3, -0.25) is 4.79 Å². The minimum Gasteiger partial charge on any atom is -0.481 e. The van der Waals surface area contributed by atoms with Crippen molar-refractivity contribution in [2.45, 2.75) is 32.6 Å². The Balaban J connectivity index is 1.77. The Morgan fingerprint density at radius 1 is 1.10 bits per heavy atom. The Morgan fingerprint density at radius 3 is 2.62 bits per heavy atom. The standard InChI is InChI=1S/C18H19NO2/c1-13-15-9-5-7-14-8-6-10-16(18(14)15)19(13)12-4-2-3-11-17(20)21/h5-10H,2-4,11-12H2,1H3/p+1. The van der Waals surface area contributed by atoms with Crippen molar-refractivity contribution in [1.29, 1.82) is 0 Å². The van der Waals surface area contributed by atoms with Gasteiger partial charge in [-0.1, -0.05) is 24.3 Å². The van der Waals surface area contributed by atoms with E-state index in [1.807, 2.05) is 0 Å². The van der Waals surface area contributed by atoms with Crippen LogP contribution in [-0.2, 0) is 4.79 Å². The van der Waals surface area contributed by atoms with E-state index >= 15 is 0 Å². The normalized spacial score (nSPS) is 13.2. The number of carboxylic acids is 1. The first kappa shape index (κ1) is 13.8. The van der Waals surface area contributed by atoms with E-state index in [1.54, 1.807) is 0 Å². The van der Waals surface area contributed by atoms with E-state index < -0.39 is 5.97 Å². The zero-order valence-corrected chi connectivity index (χ0v) is 12.3. The number of carboxylic acid groups (broad SMARTS) is 1. The smallest absolute Gasteiger partial charge is 0.303 e. The highest BCUT2D eigenvalue weighted by Crippen LogP contribution is 2.35. The molecule has 3 rings (SSSR count). The molecule has 1 N–H and O–H groups in total. The van der Waals surface area contributed by atoms with Crippen LogP contribution in [0.1, 0.15) is 38.2 Å². The maximum atomic E-state index is 10.5. The molecule has 0 saturated heterocycles. The molecule has 3 nitrogen and oxygen atoms in total. The molecule has 0 amide bonds. The van der Waals surface area contributed by atoms with Crippen LogP contribution < -0.4 is 0 Å². The molecule has 0 atom stereocenters. The summed E-state index contributed by atoms with van der Waals surface area (Å²) < 4.78 is 2.37. The molecule has 0 saturated carbocycles. The number of benzene rings is 2. The second-order valence-corrected chi connectivity index (χ2v) is 5.62. The van der Waals surface area contributed by atoms with E-state index in [9.17, 15) is 4.79 Å². The van der Waals surface area contributed by atoms with Crippen LogP contribution in [0, 0.1) is 0 Å². The van der Waals surface area contributed by atoms with Crippen LogP contribution in [0.25, 0.3) is 10.8 Å². The van der Waals surface area contributed by atoms with Crippen molar-refractivity contribution in [3.05, 3.63) is 42.0 Å². The van der Waals surface area contributed by atoms with Crippen LogP contribution in [-0.4, -0.2) is 27.9 Å². The third kappa shape index (κ3) is 2.56. The van der Waals surface area contributed by atoms with Crippen LogP contribution >= 0.6 is 0 Å². The number of rotatable bonds is 6. The molecule has 0 aromatic heterocycles. The van der Waals surface area contributed by atoms with E-state index in [4.69, 9.17) is 5.11 Å². The Bertz CT molecular complexity index is 726. The van der Waals surface area contributed by atoms with Gasteiger partial charge in [0.2, 0.25) is 5.69 Å². The topological polar surface area (TPSA) is 40.3 Å². The SMILES string of the molecule is CC1=[N+](CCCCCC(=O)O)c2cccc3cccc1c23. The van der Waals surface area contributed by atoms with Crippen LogP contribution in [0.2, 0.25) is 0 Å². The first-order valence-electron chi connectivity index (χ1n) is 7.53. The van der Waals surface area contributed by atoms with Crippen molar-refractivity contribution < 1.29 is 14.5 Å². The highest BCUT2D eigenvalue weighted by atomic mass is 16.4. The summed E-state index contributed by atoms with van der Waals surface area (Å²) >= 11 is 0. The second kappa shape index (κ2) is 5.68. The Morgan fingerprint density at radius 2 is 1.86 bits per heavy atom. The lowest BCUT2D eigenvalue weighted by Crippen LogP contribution is -2.12. The fourth-order valence-corrected chi connectivity index (χ4v) is 3.18. The van der Waals surface area contributed by atoms with Crippen LogP contribution in [0.4, 0.5) is 5.69 Å². The molecule has 2 aromatic carbocycles. The van der Waals surface area contributed by atoms with Crippen molar-refractivity contribution in [3.63, 3.8) is 0 Å². The van der Waals surface area contributed by atoms with Crippen LogP contribution in [0.5, 0.6) is 0 Å². The maximum absolute atomic E-state index is 10.5. The van der Waals surface area contributed by atoms with Gasteiger partial charge in [0.05, 0.1) is 10.9 Å². The van der Waals surface area contributed by atoms with Gasteiger partial charge in [0, 0.05) is 25.8 Å². The van der Waals surface area contributed by atoms with Crippen molar-refractivity contribution in [3.8, 4) is 0 Å². The second-order valence-electron chi connectivity index (χ2n) is 5.62. The first-order chi connectivity index (χ1) is 10.2. The summed E-state index contributed by atoms with van der Waals surface area (Å²) in [5, 5.41) is 11.3. The monoisotopic (exact) mass is 282 g/mol. The van der Waals surface area contributed by atoms with Crippen LogP contribution in [0.3, 0.4) is 0 Å². The number of unbranched alkanes of at least 4 members (excludes halogenated alkanes) is 2. The molecular formula is C18H20NO2+. The largest absolute Gasteiger partial charge is 0.481 e. The lowest BCUT2D eigenvalue weighted by molar-refractivity contribution is -0.437. The van der Waals surface area contributed by atoms with Gasteiger partial charge in [0.25, 0.3) is 0 Å². The number of aliphatic carboxylic acids is 1. The predicted octanol–water partition coefficient (Wildman–Crippen LogP) is 3.95. The molecule has 1 aliphatic rings. The number of hydrogen-bond donors (Lipinski definition) is 1. The molecule has 3 heteroatoms. The quantitative estimate of drug-likeness (QED) is 0.643. The highest BCUT2D eigenvalue weighted by molar-refractivity contribution is 6.14. The third-order valence-electron chi connectivity index (χ3n) is 4.24. The summed E-state index contributed by atoms with van der Waals surface area (Å²) in [4.78, 5) is 10.5.